The molecule has 1 aromatic carbocycles. The number of hydrogen-bond acceptors (Lipinski definition) is 2. The molecule has 0 atom stereocenters. The van der Waals surface area contributed by atoms with E-state index in [1.165, 1.54) is 5.56 Å². The number of likely N-dealkylation sites (tertiary alicyclic amines) is 1. The van der Waals surface area contributed by atoms with Gasteiger partial charge >= 0.3 is 0 Å². The summed E-state index contributed by atoms with van der Waals surface area (Å²) in [5.74, 6) is 0.719. The van der Waals surface area contributed by atoms with Crippen molar-refractivity contribution in [3.05, 3.63) is 35.9 Å². The molecule has 0 spiro atoms. The molecular weight excluding hydrogens is 238 g/mol. The normalized spacial score (nSPS) is 16.9. The summed E-state index contributed by atoms with van der Waals surface area (Å²) in [7, 11) is 0. The fourth-order valence-corrected chi connectivity index (χ4v) is 2.52. The van der Waals surface area contributed by atoms with Gasteiger partial charge in [0.2, 0.25) is 5.91 Å². The molecular formula is C16H23NO2. The Labute approximate surface area is 115 Å². The number of carbonyl (C=O) groups is 1. The molecule has 3 heteroatoms. The van der Waals surface area contributed by atoms with E-state index in [2.05, 4.69) is 24.3 Å². The topological polar surface area (TPSA) is 29.5 Å². The minimum atomic E-state index is 0.116. The molecule has 2 rings (SSSR count). The second-order valence-corrected chi connectivity index (χ2v) is 5.43. The molecule has 0 radical (unpaired) electrons. The van der Waals surface area contributed by atoms with Crippen molar-refractivity contribution in [2.45, 2.75) is 38.7 Å². The molecule has 19 heavy (non-hydrogen) atoms. The van der Waals surface area contributed by atoms with Gasteiger partial charge in [0.05, 0.1) is 6.10 Å². The highest BCUT2D eigenvalue weighted by Crippen LogP contribution is 2.27. The minimum absolute atomic E-state index is 0.116. The third-order valence-corrected chi connectivity index (χ3v) is 3.66. The number of ether oxygens (including phenoxy) is 1. The highest BCUT2D eigenvalue weighted by molar-refractivity contribution is 5.77. The molecule has 3 nitrogen and oxygen atoms in total. The van der Waals surface area contributed by atoms with Crippen LogP contribution in [-0.4, -0.2) is 36.6 Å². The van der Waals surface area contributed by atoms with Crippen LogP contribution in [0.5, 0.6) is 0 Å². The van der Waals surface area contributed by atoms with Crippen LogP contribution >= 0.6 is 0 Å². The van der Waals surface area contributed by atoms with E-state index in [0.29, 0.717) is 5.92 Å². The van der Waals surface area contributed by atoms with Crippen molar-refractivity contribution in [3.8, 4) is 0 Å². The van der Waals surface area contributed by atoms with E-state index >= 15 is 0 Å². The SMILES string of the molecule is CC(C)OCC(=O)N1CCC(c2ccccc2)CC1. The highest BCUT2D eigenvalue weighted by Gasteiger charge is 2.23. The van der Waals surface area contributed by atoms with Gasteiger partial charge in [0.15, 0.2) is 0 Å². The van der Waals surface area contributed by atoms with Gasteiger partial charge in [-0.3, -0.25) is 4.79 Å². The van der Waals surface area contributed by atoms with Crippen molar-refractivity contribution in [2.24, 2.45) is 0 Å². The van der Waals surface area contributed by atoms with Gasteiger partial charge in [0.1, 0.15) is 6.61 Å². The van der Waals surface area contributed by atoms with Gasteiger partial charge in [-0.2, -0.15) is 0 Å². The van der Waals surface area contributed by atoms with Gasteiger partial charge in [-0.05, 0) is 38.2 Å². The number of rotatable bonds is 4. The van der Waals surface area contributed by atoms with E-state index in [-0.39, 0.29) is 18.6 Å². The molecule has 0 bridgehead atoms. The molecule has 0 aromatic heterocycles. The maximum absolute atomic E-state index is 11.9. The summed E-state index contributed by atoms with van der Waals surface area (Å²) in [6, 6.07) is 10.6. The molecule has 0 aliphatic carbocycles. The first-order valence-electron chi connectivity index (χ1n) is 7.11. The van der Waals surface area contributed by atoms with Crippen molar-refractivity contribution in [1.29, 1.82) is 0 Å². The summed E-state index contributed by atoms with van der Waals surface area (Å²) in [6.07, 6.45) is 2.22. The van der Waals surface area contributed by atoms with Gasteiger partial charge in [-0.1, -0.05) is 30.3 Å². The molecule has 1 saturated heterocycles. The average molecular weight is 261 g/mol. The van der Waals surface area contributed by atoms with Crippen molar-refractivity contribution in [1.82, 2.24) is 4.90 Å². The zero-order chi connectivity index (χ0) is 13.7. The van der Waals surface area contributed by atoms with E-state index in [9.17, 15) is 4.79 Å². The van der Waals surface area contributed by atoms with Crippen molar-refractivity contribution in [3.63, 3.8) is 0 Å². The standard InChI is InChI=1S/C16H23NO2/c1-13(2)19-12-16(18)17-10-8-15(9-11-17)14-6-4-3-5-7-14/h3-7,13,15H,8-12H2,1-2H3. The number of amides is 1. The third-order valence-electron chi connectivity index (χ3n) is 3.66. The summed E-state index contributed by atoms with van der Waals surface area (Å²) in [6.45, 7) is 5.82. The van der Waals surface area contributed by atoms with E-state index in [1.54, 1.807) is 0 Å². The Kier molecular flexibility index (Phi) is 4.97. The van der Waals surface area contributed by atoms with Crippen LogP contribution in [0.2, 0.25) is 0 Å². The second kappa shape index (κ2) is 6.71. The first-order valence-corrected chi connectivity index (χ1v) is 7.11. The third kappa shape index (κ3) is 4.06. The molecule has 1 amide bonds. The maximum Gasteiger partial charge on any atom is 0.248 e. The lowest BCUT2D eigenvalue weighted by atomic mass is 9.89. The minimum Gasteiger partial charge on any atom is -0.369 e. The molecule has 1 aromatic rings. The fraction of sp³-hybridized carbons (Fsp3) is 0.562. The average Bonchev–Trinajstić information content (AvgIpc) is 2.46. The first kappa shape index (κ1) is 14.1. The van der Waals surface area contributed by atoms with Crippen molar-refractivity contribution < 1.29 is 9.53 Å². The number of benzene rings is 1. The van der Waals surface area contributed by atoms with Crippen LogP contribution in [0.25, 0.3) is 0 Å². The fourth-order valence-electron chi connectivity index (χ4n) is 2.52. The number of carbonyl (C=O) groups excluding carboxylic acids is 1. The Morgan fingerprint density at radius 1 is 1.26 bits per heavy atom. The van der Waals surface area contributed by atoms with Gasteiger partial charge in [0, 0.05) is 13.1 Å². The molecule has 0 saturated carbocycles. The summed E-state index contributed by atoms with van der Waals surface area (Å²) < 4.78 is 5.38. The van der Waals surface area contributed by atoms with Gasteiger partial charge in [0.25, 0.3) is 0 Å². The van der Waals surface area contributed by atoms with Crippen molar-refractivity contribution in [2.75, 3.05) is 19.7 Å². The predicted molar refractivity (Wildman–Crippen MR) is 76.1 cm³/mol. The lowest BCUT2D eigenvalue weighted by Gasteiger charge is -2.32. The Morgan fingerprint density at radius 3 is 2.47 bits per heavy atom. The Balaban J connectivity index is 1.81. The summed E-state index contributed by atoms with van der Waals surface area (Å²) in [5.41, 5.74) is 1.40. The van der Waals surface area contributed by atoms with E-state index in [4.69, 9.17) is 4.74 Å². The van der Waals surface area contributed by atoms with Crippen LogP contribution in [-0.2, 0) is 9.53 Å². The first-order chi connectivity index (χ1) is 9.16. The lowest BCUT2D eigenvalue weighted by molar-refractivity contribution is -0.138. The monoisotopic (exact) mass is 261 g/mol. The van der Waals surface area contributed by atoms with Crippen LogP contribution < -0.4 is 0 Å². The van der Waals surface area contributed by atoms with Crippen LogP contribution in [0.3, 0.4) is 0 Å². The molecule has 104 valence electrons. The van der Waals surface area contributed by atoms with Crippen LogP contribution in [0.15, 0.2) is 30.3 Å². The van der Waals surface area contributed by atoms with E-state index < -0.39 is 0 Å². The molecule has 1 heterocycles. The Morgan fingerprint density at radius 2 is 1.89 bits per heavy atom. The van der Waals surface area contributed by atoms with Gasteiger partial charge in [-0.15, -0.1) is 0 Å². The number of hydrogen-bond donors (Lipinski definition) is 0. The van der Waals surface area contributed by atoms with Gasteiger partial charge < -0.3 is 9.64 Å². The van der Waals surface area contributed by atoms with Crippen molar-refractivity contribution >= 4 is 5.91 Å². The van der Waals surface area contributed by atoms with Crippen LogP contribution in [0, 0.1) is 0 Å². The molecule has 1 aliphatic heterocycles. The lowest BCUT2D eigenvalue weighted by Crippen LogP contribution is -2.40. The summed E-state index contributed by atoms with van der Waals surface area (Å²) in [5, 5.41) is 0. The molecule has 0 N–H and O–H groups in total. The zero-order valence-electron chi connectivity index (χ0n) is 11.8. The Bertz CT molecular complexity index is 394. The molecule has 1 aliphatic rings. The highest BCUT2D eigenvalue weighted by atomic mass is 16.5. The van der Waals surface area contributed by atoms with E-state index in [1.807, 2.05) is 24.8 Å². The predicted octanol–water partition coefficient (Wildman–Crippen LogP) is 2.82. The largest absolute Gasteiger partial charge is 0.369 e. The quantitative estimate of drug-likeness (QED) is 0.834. The second-order valence-electron chi connectivity index (χ2n) is 5.43. The maximum atomic E-state index is 11.9. The molecule has 1 fully saturated rings. The summed E-state index contributed by atoms with van der Waals surface area (Å²) in [4.78, 5) is 13.9. The number of nitrogens with zero attached hydrogens (tertiary/aromatic N) is 1. The zero-order valence-corrected chi connectivity index (χ0v) is 11.8. The van der Waals surface area contributed by atoms with Crippen LogP contribution in [0.4, 0.5) is 0 Å². The Hall–Kier alpha value is -1.35. The summed E-state index contributed by atoms with van der Waals surface area (Å²) >= 11 is 0. The smallest absolute Gasteiger partial charge is 0.248 e. The van der Waals surface area contributed by atoms with Crippen LogP contribution in [0.1, 0.15) is 38.2 Å². The molecule has 0 unspecified atom stereocenters. The van der Waals surface area contributed by atoms with E-state index in [0.717, 1.165) is 25.9 Å². The number of piperidine rings is 1. The van der Waals surface area contributed by atoms with Gasteiger partial charge in [-0.25, -0.2) is 0 Å².